The van der Waals surface area contributed by atoms with Crippen molar-refractivity contribution in [2.45, 2.75) is 202 Å². The summed E-state index contributed by atoms with van der Waals surface area (Å²) in [6, 6.07) is -5.24. The molecule has 0 aromatic heterocycles. The van der Waals surface area contributed by atoms with Crippen molar-refractivity contribution in [3.8, 4) is 0 Å². The van der Waals surface area contributed by atoms with Gasteiger partial charge in [-0.3, -0.25) is 48.4 Å². The molecule has 0 saturated carbocycles. The van der Waals surface area contributed by atoms with Gasteiger partial charge in [-0.05, 0) is 126 Å². The van der Waals surface area contributed by atoms with E-state index in [-0.39, 0.29) is 23.3 Å². The summed E-state index contributed by atoms with van der Waals surface area (Å²) >= 11 is 33.7. The predicted molar refractivity (Wildman–Crippen MR) is 320 cm³/mol. The number of nitrogens with one attached hydrogen (secondary N) is 6. The highest BCUT2D eigenvalue weighted by Gasteiger charge is 2.47. The Kier molecular flexibility index (Phi) is 29.3. The molecule has 4 rings (SSSR count). The summed E-state index contributed by atoms with van der Waals surface area (Å²) in [6.07, 6.45) is 6.27. The van der Waals surface area contributed by atoms with Crippen molar-refractivity contribution in [1.29, 1.82) is 0 Å². The SMILES string of the molecule is C=CC1(C(=O)N[C@H](C(=O)N[C@@H](C)C(=O)N2CCC[C@@H](C(=O)OCC(Cl)(Cl)Cl)N2)C(C)C)CCOC(C)(C)C1.C=CC1(C(=O)O)CCOC(C)(C)C1.CC(C)[C@H](NC(=O)OC(C)(C)C)C(=O)N[C@@H](C)C(=O)N1CCC[C@@H](C(=O)OCC(Cl)(Cl)Cl)N1. The molecular weight excluding hydrogens is 1230 g/mol. The minimum atomic E-state index is -1.74. The van der Waals surface area contributed by atoms with E-state index in [2.05, 4.69) is 45.3 Å². The third-order valence-corrected chi connectivity index (χ3v) is 14.4. The summed E-state index contributed by atoms with van der Waals surface area (Å²) < 4.78 is 22.9. The van der Waals surface area contributed by atoms with Crippen LogP contribution in [0.15, 0.2) is 25.3 Å². The number of carbonyl (C=O) groups excluding carboxylic acids is 8. The second-order valence-corrected chi connectivity index (χ2v) is 29.2. The molecule has 2 unspecified atom stereocenters. The van der Waals surface area contributed by atoms with E-state index in [0.717, 1.165) is 0 Å². The smallest absolute Gasteiger partial charge is 0.408 e. The van der Waals surface area contributed by atoms with Crippen molar-refractivity contribution < 1.29 is 71.9 Å². The number of amides is 6. The second kappa shape index (κ2) is 32.4. The van der Waals surface area contributed by atoms with Crippen LogP contribution in [0.4, 0.5) is 4.79 Å². The van der Waals surface area contributed by atoms with Gasteiger partial charge in [0.15, 0.2) is 0 Å². The zero-order valence-electron chi connectivity index (χ0n) is 50.4. The van der Waals surface area contributed by atoms with Gasteiger partial charge in [-0.25, -0.2) is 15.6 Å². The molecule has 0 aromatic rings. The molecule has 0 spiro atoms. The number of rotatable bonds is 18. The lowest BCUT2D eigenvalue weighted by Crippen LogP contribution is -2.61. The predicted octanol–water partition coefficient (Wildman–Crippen LogP) is 7.08. The van der Waals surface area contributed by atoms with Gasteiger partial charge in [0.1, 0.15) is 55.1 Å². The lowest BCUT2D eigenvalue weighted by molar-refractivity contribution is -0.160. The Balaban J connectivity index is 0.000000475. The number of aliphatic carboxylic acids is 1. The first-order valence-electron chi connectivity index (χ1n) is 27.7. The molecule has 0 radical (unpaired) electrons. The van der Waals surface area contributed by atoms with Crippen LogP contribution in [0.2, 0.25) is 0 Å². The summed E-state index contributed by atoms with van der Waals surface area (Å²) in [5.74, 6) is -4.84. The summed E-state index contributed by atoms with van der Waals surface area (Å²) in [5.41, 5.74) is 2.38. The van der Waals surface area contributed by atoms with Crippen LogP contribution in [0, 0.1) is 22.7 Å². The van der Waals surface area contributed by atoms with Gasteiger partial charge in [-0.1, -0.05) is 109 Å². The van der Waals surface area contributed by atoms with Crippen LogP contribution in [0.5, 0.6) is 0 Å². The highest BCUT2D eigenvalue weighted by atomic mass is 35.6. The van der Waals surface area contributed by atoms with Crippen LogP contribution in [-0.2, 0) is 62.0 Å². The first kappa shape index (κ1) is 76.2. The molecule has 23 nitrogen and oxygen atoms in total. The van der Waals surface area contributed by atoms with Crippen molar-refractivity contribution in [2.75, 3.05) is 39.5 Å². The maximum atomic E-state index is 13.4. The van der Waals surface area contributed by atoms with Crippen LogP contribution in [0.3, 0.4) is 0 Å². The normalized spacial score (nSPS) is 23.8. The Labute approximate surface area is 523 Å². The van der Waals surface area contributed by atoms with Crippen molar-refractivity contribution in [1.82, 2.24) is 42.1 Å². The fraction of sp³-hybridized carbons (Fsp3) is 0.764. The highest BCUT2D eigenvalue weighted by molar-refractivity contribution is 6.68. The van der Waals surface area contributed by atoms with Gasteiger partial charge in [-0.15, -0.1) is 13.2 Å². The second-order valence-electron chi connectivity index (χ2n) is 24.2. The molecule has 4 fully saturated rings. The Bertz CT molecular complexity index is 2330. The number of carboxylic acids is 1. The molecule has 0 aliphatic carbocycles. The molecule has 7 N–H and O–H groups in total. The molecule has 4 saturated heterocycles. The minimum Gasteiger partial charge on any atom is -0.481 e. The average Bonchev–Trinajstić information content (AvgIpc) is 2.07. The van der Waals surface area contributed by atoms with Crippen LogP contribution >= 0.6 is 69.6 Å². The molecule has 4 aliphatic rings. The van der Waals surface area contributed by atoms with Crippen LogP contribution in [0.1, 0.15) is 141 Å². The molecular formula is C55H88Cl6N8O15. The zero-order chi connectivity index (χ0) is 64.6. The quantitative estimate of drug-likeness (QED) is 0.0312. The van der Waals surface area contributed by atoms with E-state index in [9.17, 15) is 43.2 Å². The Hall–Kier alpha value is -3.91. The number of alkyl carbamates (subject to hydrolysis) is 1. The fourth-order valence-electron chi connectivity index (χ4n) is 9.45. The lowest BCUT2D eigenvalue weighted by Gasteiger charge is -2.42. The van der Waals surface area contributed by atoms with E-state index in [0.29, 0.717) is 77.7 Å². The number of nitrogens with zero attached hydrogens (tertiary/aromatic N) is 2. The first-order valence-corrected chi connectivity index (χ1v) is 30.0. The summed E-state index contributed by atoms with van der Waals surface area (Å²) in [7, 11) is 0. The standard InChI is InChI=1S/C25H39Cl3N4O6.C20H33Cl3N4O6.C10H16O3/c1-7-24(10-12-38-23(5,6)13-24)22(36)30-18(15(2)3)19(33)29-16(4)20(34)32-11-8-9-17(31-32)21(35)37-14-25(26,27)28;1-11(2)14(25-18(31)33-19(4,5)6)15(28)24-12(3)16(29)27-9-7-8-13(26-27)17(30)32-10-20(21,22)23;1-4-10(8(11)12)5-6-13-9(2,3)7-10/h7,15-18,31H,1,8-14H2,2-6H3,(H,29,33)(H,30,36);11-14,26H,7-10H2,1-6H3,(H,24,28)(H,25,31);4H,1,5-7H2,2-3H3,(H,11,12)/t16-,17-,18-,24?;12-,13-,14-;/m00./s1. The largest absolute Gasteiger partial charge is 0.481 e. The van der Waals surface area contributed by atoms with Crippen LogP contribution < -0.4 is 32.1 Å². The highest BCUT2D eigenvalue weighted by Crippen LogP contribution is 2.41. The van der Waals surface area contributed by atoms with Crippen LogP contribution in [-0.4, -0.2) is 169 Å². The van der Waals surface area contributed by atoms with Gasteiger partial charge in [0.25, 0.3) is 11.8 Å². The monoisotopic (exact) mass is 1310 g/mol. The molecule has 0 bridgehead atoms. The van der Waals surface area contributed by atoms with E-state index >= 15 is 0 Å². The van der Waals surface area contributed by atoms with Crippen molar-refractivity contribution in [2.24, 2.45) is 22.7 Å². The summed E-state index contributed by atoms with van der Waals surface area (Å²) in [6.45, 7) is 31.2. The van der Waals surface area contributed by atoms with E-state index in [1.54, 1.807) is 46.8 Å². The number of hydrogen-bond acceptors (Lipinski definition) is 16. The van der Waals surface area contributed by atoms with E-state index in [1.807, 2.05) is 41.5 Å². The van der Waals surface area contributed by atoms with E-state index < -0.39 is 127 Å². The van der Waals surface area contributed by atoms with Crippen molar-refractivity contribution in [3.05, 3.63) is 25.3 Å². The molecule has 4 aliphatic heterocycles. The molecule has 84 heavy (non-hydrogen) atoms. The van der Waals surface area contributed by atoms with Gasteiger partial charge in [0, 0.05) is 26.3 Å². The first-order chi connectivity index (χ1) is 38.4. The maximum absolute atomic E-state index is 13.4. The van der Waals surface area contributed by atoms with Gasteiger partial charge in [0.05, 0.1) is 22.0 Å². The molecule has 29 heteroatoms. The topological polar surface area (TPSA) is 299 Å². The van der Waals surface area contributed by atoms with Gasteiger partial charge >= 0.3 is 24.0 Å². The zero-order valence-corrected chi connectivity index (χ0v) is 54.9. The lowest BCUT2D eigenvalue weighted by atomic mass is 9.73. The number of halogens is 6. The Morgan fingerprint density at radius 1 is 0.631 bits per heavy atom. The molecule has 4 heterocycles. The Morgan fingerprint density at radius 3 is 1.32 bits per heavy atom. The Morgan fingerprint density at radius 2 is 1.00 bits per heavy atom. The minimum absolute atomic E-state index is 0.249. The number of carbonyl (C=O) groups is 9. The number of ether oxygens (including phenoxy) is 5. The van der Waals surface area contributed by atoms with Gasteiger partial charge < -0.3 is 50.1 Å². The van der Waals surface area contributed by atoms with E-state index in [1.165, 1.54) is 23.9 Å². The molecule has 0 aromatic carbocycles. The molecule has 480 valence electrons. The summed E-state index contributed by atoms with van der Waals surface area (Å²) in [4.78, 5) is 113. The number of hydrogen-bond donors (Lipinski definition) is 7. The van der Waals surface area contributed by atoms with Gasteiger partial charge in [-0.2, -0.15) is 0 Å². The van der Waals surface area contributed by atoms with Gasteiger partial charge in [0.2, 0.25) is 25.3 Å². The van der Waals surface area contributed by atoms with E-state index in [4.69, 9.17) is 98.4 Å². The third kappa shape index (κ3) is 25.4. The van der Waals surface area contributed by atoms with Crippen molar-refractivity contribution in [3.63, 3.8) is 0 Å². The maximum Gasteiger partial charge on any atom is 0.408 e. The number of hydrazine groups is 2. The fourth-order valence-corrected chi connectivity index (χ4v) is 9.77. The number of carboxylic acid groups (broad SMARTS) is 1. The number of esters is 2. The summed E-state index contributed by atoms with van der Waals surface area (Å²) in [5, 5.41) is 22.3. The number of alkyl halides is 6. The molecule has 6 amide bonds. The van der Waals surface area contributed by atoms with Crippen molar-refractivity contribution >= 4 is 123 Å². The average molecular weight is 1310 g/mol. The van der Waals surface area contributed by atoms with Crippen LogP contribution in [0.25, 0.3) is 0 Å². The third-order valence-electron chi connectivity index (χ3n) is 13.8. The molecule has 8 atom stereocenters.